The minimum Gasteiger partial charge on any atom is -0.299 e. The molecule has 0 bridgehead atoms. The van der Waals surface area contributed by atoms with Crippen molar-refractivity contribution in [1.29, 1.82) is 5.26 Å². The van der Waals surface area contributed by atoms with Crippen LogP contribution in [0.15, 0.2) is 22.7 Å². The summed E-state index contributed by atoms with van der Waals surface area (Å²) in [6.07, 6.45) is 1.73. The number of likely N-dealkylation sites (tertiary alicyclic amines) is 1. The Morgan fingerprint density at radius 1 is 1.44 bits per heavy atom. The minimum absolute atomic E-state index is 0.169. The maximum absolute atomic E-state index is 13.7. The zero-order chi connectivity index (χ0) is 13.2. The maximum atomic E-state index is 13.7. The number of hydrogen-bond donors (Lipinski definition) is 0. The van der Waals surface area contributed by atoms with Crippen molar-refractivity contribution < 1.29 is 4.39 Å². The molecule has 1 aromatic rings. The van der Waals surface area contributed by atoms with Gasteiger partial charge in [0.05, 0.1) is 11.5 Å². The highest BCUT2D eigenvalue weighted by Gasteiger charge is 2.29. The lowest BCUT2D eigenvalue weighted by Gasteiger charge is -2.34. The average Bonchev–Trinajstić information content (AvgIpc) is 2.36. The summed E-state index contributed by atoms with van der Waals surface area (Å²) in [6, 6.07) is 7.56. The smallest absolute Gasteiger partial charge is 0.128 e. The van der Waals surface area contributed by atoms with E-state index in [1.54, 1.807) is 0 Å². The quantitative estimate of drug-likeness (QED) is 0.832. The van der Waals surface area contributed by atoms with Crippen molar-refractivity contribution in [2.24, 2.45) is 5.41 Å². The Kier molecular flexibility index (Phi) is 4.04. The van der Waals surface area contributed by atoms with Gasteiger partial charge in [-0.1, -0.05) is 22.0 Å². The summed E-state index contributed by atoms with van der Waals surface area (Å²) in [4.78, 5) is 2.21. The Balaban J connectivity index is 1.98. The maximum Gasteiger partial charge on any atom is 0.128 e. The number of hydrogen-bond acceptors (Lipinski definition) is 2. The molecule has 0 N–H and O–H groups in total. The van der Waals surface area contributed by atoms with E-state index in [4.69, 9.17) is 5.26 Å². The largest absolute Gasteiger partial charge is 0.299 e. The summed E-state index contributed by atoms with van der Waals surface area (Å²) < 4.78 is 14.5. The zero-order valence-electron chi connectivity index (χ0n) is 10.4. The highest BCUT2D eigenvalue weighted by Crippen LogP contribution is 2.30. The van der Waals surface area contributed by atoms with Gasteiger partial charge in [0, 0.05) is 16.6 Å². The Hall–Kier alpha value is -0.920. The molecule has 0 aromatic heterocycles. The number of benzene rings is 1. The predicted octanol–water partition coefficient (Wildman–Crippen LogP) is 3.71. The van der Waals surface area contributed by atoms with Gasteiger partial charge in [-0.25, -0.2) is 4.39 Å². The third-order valence-corrected chi connectivity index (χ3v) is 4.13. The lowest BCUT2D eigenvalue weighted by molar-refractivity contribution is 0.149. The average molecular weight is 311 g/mol. The van der Waals surface area contributed by atoms with E-state index in [2.05, 4.69) is 26.9 Å². The van der Waals surface area contributed by atoms with Gasteiger partial charge in [-0.15, -0.1) is 0 Å². The van der Waals surface area contributed by atoms with E-state index in [1.165, 1.54) is 6.07 Å². The summed E-state index contributed by atoms with van der Waals surface area (Å²) in [5.74, 6) is -0.169. The molecule has 0 amide bonds. The van der Waals surface area contributed by atoms with E-state index < -0.39 is 0 Å². The molecule has 2 nitrogen and oxygen atoms in total. The predicted molar refractivity (Wildman–Crippen MR) is 72.3 cm³/mol. The molecule has 0 spiro atoms. The first-order valence-corrected chi connectivity index (χ1v) is 6.89. The van der Waals surface area contributed by atoms with Gasteiger partial charge in [0.15, 0.2) is 0 Å². The van der Waals surface area contributed by atoms with Crippen LogP contribution < -0.4 is 0 Å². The van der Waals surface area contributed by atoms with Crippen LogP contribution in [0.25, 0.3) is 0 Å². The molecule has 1 aliphatic heterocycles. The summed E-state index contributed by atoms with van der Waals surface area (Å²) in [5.41, 5.74) is 0.521. The van der Waals surface area contributed by atoms with Crippen molar-refractivity contribution in [2.45, 2.75) is 26.3 Å². The number of nitrogens with zero attached hydrogens (tertiary/aromatic N) is 2. The lowest BCUT2D eigenvalue weighted by atomic mass is 9.82. The summed E-state index contributed by atoms with van der Waals surface area (Å²) in [7, 11) is 0. The standard InChI is InChI=1S/C14H16BrFN2/c1-14(10-17)4-6-18(7-5-14)9-11-2-3-12(15)8-13(11)16/h2-3,8H,4-7,9H2,1H3. The van der Waals surface area contributed by atoms with Gasteiger partial charge in [0.2, 0.25) is 0 Å². The van der Waals surface area contributed by atoms with Crippen LogP contribution in [0.3, 0.4) is 0 Å². The Labute approximate surface area is 116 Å². The van der Waals surface area contributed by atoms with Crippen molar-refractivity contribution in [3.8, 4) is 6.07 Å². The molecule has 0 saturated carbocycles. The summed E-state index contributed by atoms with van der Waals surface area (Å²) in [6.45, 7) is 4.35. The highest BCUT2D eigenvalue weighted by molar-refractivity contribution is 9.10. The molecule has 1 heterocycles. The second kappa shape index (κ2) is 5.38. The van der Waals surface area contributed by atoms with Crippen LogP contribution in [0.1, 0.15) is 25.3 Å². The molecule has 4 heteroatoms. The number of rotatable bonds is 2. The van der Waals surface area contributed by atoms with E-state index in [-0.39, 0.29) is 11.2 Å². The third-order valence-electron chi connectivity index (χ3n) is 3.64. The van der Waals surface area contributed by atoms with Gasteiger partial charge < -0.3 is 0 Å². The van der Waals surface area contributed by atoms with Crippen molar-refractivity contribution in [3.63, 3.8) is 0 Å². The first-order valence-electron chi connectivity index (χ1n) is 6.10. The van der Waals surface area contributed by atoms with Crippen LogP contribution in [0.4, 0.5) is 4.39 Å². The second-order valence-corrected chi connectivity index (χ2v) is 6.10. The topological polar surface area (TPSA) is 27.0 Å². The third kappa shape index (κ3) is 3.09. The lowest BCUT2D eigenvalue weighted by Crippen LogP contribution is -2.37. The molecule has 1 aromatic carbocycles. The van der Waals surface area contributed by atoms with Crippen LogP contribution in [0.2, 0.25) is 0 Å². The molecule has 0 radical (unpaired) electrons. The molecular weight excluding hydrogens is 295 g/mol. The number of piperidine rings is 1. The fourth-order valence-electron chi connectivity index (χ4n) is 2.21. The van der Waals surface area contributed by atoms with Gasteiger partial charge in [-0.3, -0.25) is 4.90 Å². The van der Waals surface area contributed by atoms with Crippen LogP contribution in [-0.2, 0) is 6.54 Å². The summed E-state index contributed by atoms with van der Waals surface area (Å²) >= 11 is 3.26. The Bertz CT molecular complexity index is 473. The van der Waals surface area contributed by atoms with Gasteiger partial charge in [-0.05, 0) is 45.0 Å². The van der Waals surface area contributed by atoms with Crippen LogP contribution in [0, 0.1) is 22.6 Å². The van der Waals surface area contributed by atoms with Gasteiger partial charge in [0.25, 0.3) is 0 Å². The van der Waals surface area contributed by atoms with Gasteiger partial charge in [0.1, 0.15) is 5.82 Å². The summed E-state index contributed by atoms with van der Waals surface area (Å²) in [5, 5.41) is 9.07. The SMILES string of the molecule is CC1(C#N)CCN(Cc2ccc(Br)cc2F)CC1. The van der Waals surface area contributed by atoms with E-state index >= 15 is 0 Å². The van der Waals surface area contributed by atoms with Gasteiger partial charge in [-0.2, -0.15) is 5.26 Å². The minimum atomic E-state index is -0.200. The van der Waals surface area contributed by atoms with Crippen LogP contribution >= 0.6 is 15.9 Å². The molecule has 96 valence electrons. The Morgan fingerprint density at radius 3 is 2.67 bits per heavy atom. The fourth-order valence-corrected chi connectivity index (χ4v) is 2.54. The zero-order valence-corrected chi connectivity index (χ0v) is 12.0. The molecule has 0 atom stereocenters. The fraction of sp³-hybridized carbons (Fsp3) is 0.500. The monoisotopic (exact) mass is 310 g/mol. The van der Waals surface area contributed by atoms with Crippen molar-refractivity contribution in [3.05, 3.63) is 34.1 Å². The number of nitriles is 1. The molecule has 18 heavy (non-hydrogen) atoms. The Morgan fingerprint density at radius 2 is 2.11 bits per heavy atom. The van der Waals surface area contributed by atoms with E-state index in [0.29, 0.717) is 6.54 Å². The first kappa shape index (κ1) is 13.5. The molecular formula is C14H16BrFN2. The first-order chi connectivity index (χ1) is 8.52. The molecule has 0 aliphatic carbocycles. The molecule has 2 rings (SSSR count). The van der Waals surface area contributed by atoms with E-state index in [9.17, 15) is 4.39 Å². The molecule has 1 aliphatic rings. The normalized spacial score (nSPS) is 19.4. The van der Waals surface area contributed by atoms with E-state index in [0.717, 1.165) is 36.0 Å². The second-order valence-electron chi connectivity index (χ2n) is 5.18. The van der Waals surface area contributed by atoms with Gasteiger partial charge >= 0.3 is 0 Å². The molecule has 1 saturated heterocycles. The van der Waals surface area contributed by atoms with Crippen LogP contribution in [-0.4, -0.2) is 18.0 Å². The van der Waals surface area contributed by atoms with E-state index in [1.807, 2.05) is 19.1 Å². The molecule has 0 unspecified atom stereocenters. The van der Waals surface area contributed by atoms with Crippen molar-refractivity contribution in [2.75, 3.05) is 13.1 Å². The van der Waals surface area contributed by atoms with Crippen LogP contribution in [0.5, 0.6) is 0 Å². The molecule has 1 fully saturated rings. The van der Waals surface area contributed by atoms with Crippen molar-refractivity contribution >= 4 is 15.9 Å². The number of halogens is 2. The van der Waals surface area contributed by atoms with Crippen molar-refractivity contribution in [1.82, 2.24) is 4.90 Å². The highest BCUT2D eigenvalue weighted by atomic mass is 79.9.